The summed E-state index contributed by atoms with van der Waals surface area (Å²) < 4.78 is 5.38. The number of para-hydroxylation sites is 1. The van der Waals surface area contributed by atoms with Crippen molar-refractivity contribution in [2.75, 3.05) is 13.2 Å². The van der Waals surface area contributed by atoms with Crippen molar-refractivity contribution in [2.24, 2.45) is 5.73 Å². The van der Waals surface area contributed by atoms with Crippen LogP contribution in [0.3, 0.4) is 0 Å². The van der Waals surface area contributed by atoms with Crippen LogP contribution in [0, 0.1) is 0 Å². The Morgan fingerprint density at radius 2 is 2.00 bits per heavy atom. The van der Waals surface area contributed by atoms with E-state index in [1.807, 2.05) is 30.3 Å². The Morgan fingerprint density at radius 1 is 1.31 bits per heavy atom. The van der Waals surface area contributed by atoms with E-state index in [1.54, 1.807) is 0 Å². The fourth-order valence-electron chi connectivity index (χ4n) is 0.969. The van der Waals surface area contributed by atoms with Crippen LogP contribution in [0.1, 0.15) is 6.42 Å². The normalized spacial score (nSPS) is 12.5. The average molecular weight is 181 g/mol. The van der Waals surface area contributed by atoms with Crippen molar-refractivity contribution in [1.29, 1.82) is 0 Å². The molecule has 1 rings (SSSR count). The number of rotatable bonds is 5. The van der Waals surface area contributed by atoms with E-state index in [0.29, 0.717) is 13.0 Å². The van der Waals surface area contributed by atoms with Gasteiger partial charge in [-0.1, -0.05) is 18.2 Å². The molecule has 1 unspecified atom stereocenters. The van der Waals surface area contributed by atoms with Gasteiger partial charge in [-0.25, -0.2) is 0 Å². The lowest BCUT2D eigenvalue weighted by atomic mass is 10.2. The van der Waals surface area contributed by atoms with E-state index in [9.17, 15) is 0 Å². The standard InChI is InChI=1S/C10H15NO2/c11-9(6-7-12)8-13-10-4-2-1-3-5-10/h1-5,9,12H,6-8,11H2. The van der Waals surface area contributed by atoms with Gasteiger partial charge in [0.1, 0.15) is 12.4 Å². The first-order chi connectivity index (χ1) is 6.33. The van der Waals surface area contributed by atoms with Crippen LogP contribution in [0.2, 0.25) is 0 Å². The summed E-state index contributed by atoms with van der Waals surface area (Å²) >= 11 is 0. The van der Waals surface area contributed by atoms with Gasteiger partial charge in [0.15, 0.2) is 0 Å². The highest BCUT2D eigenvalue weighted by molar-refractivity contribution is 5.20. The first-order valence-corrected chi connectivity index (χ1v) is 4.37. The zero-order valence-corrected chi connectivity index (χ0v) is 7.52. The molecular weight excluding hydrogens is 166 g/mol. The third-order valence-electron chi connectivity index (χ3n) is 1.71. The van der Waals surface area contributed by atoms with Gasteiger partial charge in [-0.05, 0) is 18.6 Å². The summed E-state index contributed by atoms with van der Waals surface area (Å²) in [6.45, 7) is 0.559. The Hall–Kier alpha value is -1.06. The summed E-state index contributed by atoms with van der Waals surface area (Å²) in [6.07, 6.45) is 0.576. The van der Waals surface area contributed by atoms with E-state index in [0.717, 1.165) is 5.75 Å². The quantitative estimate of drug-likeness (QED) is 0.705. The molecule has 0 fully saturated rings. The molecule has 72 valence electrons. The maximum absolute atomic E-state index is 8.60. The highest BCUT2D eigenvalue weighted by Crippen LogP contribution is 2.08. The SMILES string of the molecule is NC(CCO)COc1ccccc1. The van der Waals surface area contributed by atoms with Crippen LogP contribution in [0.4, 0.5) is 0 Å². The molecule has 0 amide bonds. The molecule has 0 aliphatic heterocycles. The molecule has 0 bridgehead atoms. The van der Waals surface area contributed by atoms with E-state index in [-0.39, 0.29) is 12.6 Å². The Balaban J connectivity index is 2.27. The first-order valence-electron chi connectivity index (χ1n) is 4.37. The molecule has 3 N–H and O–H groups in total. The molecule has 0 saturated heterocycles. The van der Waals surface area contributed by atoms with Gasteiger partial charge in [0, 0.05) is 12.6 Å². The molecule has 1 atom stereocenters. The third-order valence-corrected chi connectivity index (χ3v) is 1.71. The molecule has 0 radical (unpaired) electrons. The van der Waals surface area contributed by atoms with E-state index >= 15 is 0 Å². The predicted molar refractivity (Wildman–Crippen MR) is 51.6 cm³/mol. The molecule has 0 spiro atoms. The highest BCUT2D eigenvalue weighted by Gasteiger charge is 2.01. The molecule has 1 aromatic carbocycles. The minimum absolute atomic E-state index is 0.0924. The van der Waals surface area contributed by atoms with Crippen LogP contribution in [0.5, 0.6) is 5.75 Å². The maximum atomic E-state index is 8.60. The third kappa shape index (κ3) is 3.92. The number of benzene rings is 1. The Kier molecular flexibility index (Phi) is 4.29. The molecule has 3 nitrogen and oxygen atoms in total. The van der Waals surface area contributed by atoms with Crippen molar-refractivity contribution in [3.63, 3.8) is 0 Å². The minimum atomic E-state index is -0.0924. The van der Waals surface area contributed by atoms with E-state index in [1.165, 1.54) is 0 Å². The molecule has 3 heteroatoms. The number of aliphatic hydroxyl groups excluding tert-OH is 1. The summed E-state index contributed by atoms with van der Waals surface area (Å²) in [7, 11) is 0. The first kappa shape index (κ1) is 10.0. The Bertz CT molecular complexity index is 226. The van der Waals surface area contributed by atoms with Crippen molar-refractivity contribution < 1.29 is 9.84 Å². The molecule has 0 aliphatic rings. The predicted octanol–water partition coefficient (Wildman–Crippen LogP) is 0.775. The monoisotopic (exact) mass is 181 g/mol. The van der Waals surface area contributed by atoms with E-state index in [4.69, 9.17) is 15.6 Å². The zero-order chi connectivity index (χ0) is 9.52. The van der Waals surface area contributed by atoms with Gasteiger partial charge in [0.25, 0.3) is 0 Å². The van der Waals surface area contributed by atoms with Gasteiger partial charge in [0.05, 0.1) is 0 Å². The molecule has 0 heterocycles. The van der Waals surface area contributed by atoms with Crippen LogP contribution in [0.15, 0.2) is 30.3 Å². The zero-order valence-electron chi connectivity index (χ0n) is 7.52. The lowest BCUT2D eigenvalue weighted by Crippen LogP contribution is -2.28. The number of hydrogen-bond acceptors (Lipinski definition) is 3. The van der Waals surface area contributed by atoms with E-state index < -0.39 is 0 Å². The largest absolute Gasteiger partial charge is 0.492 e. The van der Waals surface area contributed by atoms with Crippen molar-refractivity contribution in [2.45, 2.75) is 12.5 Å². The Morgan fingerprint density at radius 3 is 2.62 bits per heavy atom. The fourth-order valence-corrected chi connectivity index (χ4v) is 0.969. The summed E-state index contributed by atoms with van der Waals surface area (Å²) in [5, 5.41) is 8.60. The van der Waals surface area contributed by atoms with Gasteiger partial charge in [-0.2, -0.15) is 0 Å². The van der Waals surface area contributed by atoms with E-state index in [2.05, 4.69) is 0 Å². The number of ether oxygens (including phenoxy) is 1. The number of hydrogen-bond donors (Lipinski definition) is 2. The van der Waals surface area contributed by atoms with Crippen LogP contribution in [-0.2, 0) is 0 Å². The molecular formula is C10H15NO2. The second-order valence-electron chi connectivity index (χ2n) is 2.90. The summed E-state index contributed by atoms with van der Waals surface area (Å²) in [5.41, 5.74) is 5.65. The van der Waals surface area contributed by atoms with Crippen LogP contribution >= 0.6 is 0 Å². The number of nitrogens with two attached hydrogens (primary N) is 1. The lowest BCUT2D eigenvalue weighted by Gasteiger charge is -2.11. The van der Waals surface area contributed by atoms with Gasteiger partial charge in [-0.15, -0.1) is 0 Å². The maximum Gasteiger partial charge on any atom is 0.119 e. The average Bonchev–Trinajstić information content (AvgIpc) is 2.17. The van der Waals surface area contributed by atoms with Crippen molar-refractivity contribution >= 4 is 0 Å². The minimum Gasteiger partial charge on any atom is -0.492 e. The lowest BCUT2D eigenvalue weighted by molar-refractivity contribution is 0.233. The summed E-state index contributed by atoms with van der Waals surface area (Å²) in [6, 6.07) is 9.42. The molecule has 0 aromatic heterocycles. The van der Waals surface area contributed by atoms with Crippen LogP contribution in [0.25, 0.3) is 0 Å². The second-order valence-corrected chi connectivity index (χ2v) is 2.90. The van der Waals surface area contributed by atoms with Crippen LogP contribution in [-0.4, -0.2) is 24.4 Å². The van der Waals surface area contributed by atoms with Crippen LogP contribution < -0.4 is 10.5 Å². The second kappa shape index (κ2) is 5.56. The topological polar surface area (TPSA) is 55.5 Å². The molecule has 0 saturated carbocycles. The van der Waals surface area contributed by atoms with Crippen molar-refractivity contribution in [3.05, 3.63) is 30.3 Å². The van der Waals surface area contributed by atoms with Gasteiger partial charge < -0.3 is 15.6 Å². The number of aliphatic hydroxyl groups is 1. The van der Waals surface area contributed by atoms with Gasteiger partial charge >= 0.3 is 0 Å². The highest BCUT2D eigenvalue weighted by atomic mass is 16.5. The summed E-state index contributed by atoms with van der Waals surface area (Å²) in [4.78, 5) is 0. The smallest absolute Gasteiger partial charge is 0.119 e. The van der Waals surface area contributed by atoms with Crippen molar-refractivity contribution in [1.82, 2.24) is 0 Å². The molecule has 13 heavy (non-hydrogen) atoms. The van der Waals surface area contributed by atoms with Gasteiger partial charge in [-0.3, -0.25) is 0 Å². The molecule has 1 aromatic rings. The molecule has 0 aliphatic carbocycles. The summed E-state index contributed by atoms with van der Waals surface area (Å²) in [5.74, 6) is 0.816. The van der Waals surface area contributed by atoms with Gasteiger partial charge in [0.2, 0.25) is 0 Å². The van der Waals surface area contributed by atoms with Crippen molar-refractivity contribution in [3.8, 4) is 5.75 Å². The Labute approximate surface area is 78.1 Å². The fraction of sp³-hybridized carbons (Fsp3) is 0.400.